The number of rotatable bonds is 4. The van der Waals surface area contributed by atoms with E-state index in [0.717, 1.165) is 29.0 Å². The van der Waals surface area contributed by atoms with Crippen molar-refractivity contribution in [3.63, 3.8) is 0 Å². The van der Waals surface area contributed by atoms with Crippen molar-refractivity contribution in [2.45, 2.75) is 13.1 Å². The lowest BCUT2D eigenvalue weighted by Gasteiger charge is -2.12. The second kappa shape index (κ2) is 8.39. The molecule has 10 heteroatoms. The second-order valence-electron chi connectivity index (χ2n) is 8.03. The van der Waals surface area contributed by atoms with Crippen molar-refractivity contribution in [1.29, 1.82) is 0 Å². The molecule has 4 aromatic heterocycles. The Morgan fingerprint density at radius 3 is 2.57 bits per heavy atom. The number of hydrogen-bond donors (Lipinski definition) is 1. The van der Waals surface area contributed by atoms with Crippen LogP contribution < -0.4 is 5.32 Å². The fourth-order valence-electron chi connectivity index (χ4n) is 3.95. The van der Waals surface area contributed by atoms with Gasteiger partial charge < -0.3 is 5.32 Å². The Hall–Kier alpha value is -4.47. The van der Waals surface area contributed by atoms with Crippen LogP contribution in [0.1, 0.15) is 21.5 Å². The highest BCUT2D eigenvalue weighted by atomic mass is 19.4. The molecule has 1 amide bonds. The predicted molar refractivity (Wildman–Crippen MR) is 125 cm³/mol. The molecule has 7 nitrogen and oxygen atoms in total. The third-order valence-corrected chi connectivity index (χ3v) is 5.77. The number of carbonyl (C=O) groups is 1. The molecule has 1 N–H and O–H groups in total. The summed E-state index contributed by atoms with van der Waals surface area (Å²) in [6, 6.07) is 11.6. The Labute approximate surface area is 197 Å². The summed E-state index contributed by atoms with van der Waals surface area (Å²) in [7, 11) is 1.73. The van der Waals surface area contributed by atoms with E-state index >= 15 is 0 Å². The van der Waals surface area contributed by atoms with E-state index in [-0.39, 0.29) is 17.3 Å². The Morgan fingerprint density at radius 2 is 1.83 bits per heavy atom. The minimum absolute atomic E-state index is 0.0993. The molecule has 4 heterocycles. The van der Waals surface area contributed by atoms with Gasteiger partial charge in [0.25, 0.3) is 5.91 Å². The molecule has 0 atom stereocenters. The molecule has 0 fully saturated rings. The zero-order valence-corrected chi connectivity index (χ0v) is 18.7. The standard InChI is InChI=1S/C25H19F3N6O/c1-15-3-4-17(24(35)32-22-6-9-31-33(22)2)12-19(15)16-7-10-34-18(11-16)13-30-23(34)20-14-29-8-5-21(20)25(26,27)28/h3-14H,1-2H3,(H,32,35). The third kappa shape index (κ3) is 4.14. The van der Waals surface area contributed by atoms with Crippen LogP contribution >= 0.6 is 0 Å². The van der Waals surface area contributed by atoms with Crippen LogP contribution in [0.3, 0.4) is 0 Å². The molecule has 0 radical (unpaired) electrons. The number of pyridine rings is 2. The van der Waals surface area contributed by atoms with Gasteiger partial charge in [-0.05, 0) is 53.9 Å². The average Bonchev–Trinajstić information content (AvgIpc) is 3.44. The van der Waals surface area contributed by atoms with E-state index in [9.17, 15) is 18.0 Å². The maximum atomic E-state index is 13.5. The Bertz CT molecular complexity index is 1570. The maximum Gasteiger partial charge on any atom is 0.417 e. The summed E-state index contributed by atoms with van der Waals surface area (Å²) in [6.45, 7) is 1.93. The third-order valence-electron chi connectivity index (χ3n) is 5.77. The Kier molecular flexibility index (Phi) is 5.35. The molecule has 0 aliphatic heterocycles. The number of carbonyl (C=O) groups excluding carboxylic acids is 1. The highest BCUT2D eigenvalue weighted by molar-refractivity contribution is 6.04. The van der Waals surface area contributed by atoms with Crippen molar-refractivity contribution < 1.29 is 18.0 Å². The lowest BCUT2D eigenvalue weighted by molar-refractivity contribution is -0.137. The first-order valence-electron chi connectivity index (χ1n) is 10.6. The molecule has 176 valence electrons. The van der Waals surface area contributed by atoms with Gasteiger partial charge in [0.2, 0.25) is 0 Å². The SMILES string of the molecule is Cc1ccc(C(=O)Nc2ccnn2C)cc1-c1ccn2c(-c3cnccc3C(F)(F)F)ncc2c1. The zero-order chi connectivity index (χ0) is 24.7. The summed E-state index contributed by atoms with van der Waals surface area (Å²) < 4.78 is 43.7. The number of aromatic nitrogens is 5. The Balaban J connectivity index is 1.52. The molecular formula is C25H19F3N6O. The number of hydrogen-bond acceptors (Lipinski definition) is 4. The number of nitrogens with zero attached hydrogens (tertiary/aromatic N) is 5. The number of halogens is 3. The molecule has 0 aliphatic rings. The highest BCUT2D eigenvalue weighted by Gasteiger charge is 2.34. The summed E-state index contributed by atoms with van der Waals surface area (Å²) >= 11 is 0. The number of anilines is 1. The van der Waals surface area contributed by atoms with Gasteiger partial charge >= 0.3 is 6.18 Å². The summed E-state index contributed by atoms with van der Waals surface area (Å²) in [5.41, 5.74) is 2.75. The number of benzene rings is 1. The molecular weight excluding hydrogens is 457 g/mol. The van der Waals surface area contributed by atoms with Gasteiger partial charge in [0.05, 0.1) is 23.5 Å². The van der Waals surface area contributed by atoms with Gasteiger partial charge in [-0.25, -0.2) is 4.98 Å². The number of nitrogens with one attached hydrogen (secondary N) is 1. The highest BCUT2D eigenvalue weighted by Crippen LogP contribution is 2.36. The van der Waals surface area contributed by atoms with Gasteiger partial charge in [-0.15, -0.1) is 0 Å². The molecule has 35 heavy (non-hydrogen) atoms. The quantitative estimate of drug-likeness (QED) is 0.378. The minimum atomic E-state index is -4.53. The molecule has 0 aliphatic carbocycles. The second-order valence-corrected chi connectivity index (χ2v) is 8.03. The zero-order valence-electron chi connectivity index (χ0n) is 18.7. The van der Waals surface area contributed by atoms with Gasteiger partial charge in [0, 0.05) is 42.8 Å². The van der Waals surface area contributed by atoms with E-state index in [2.05, 4.69) is 20.4 Å². The van der Waals surface area contributed by atoms with Crippen LogP contribution in [0.15, 0.2) is 73.4 Å². The van der Waals surface area contributed by atoms with E-state index in [1.165, 1.54) is 12.4 Å². The summed E-state index contributed by atoms with van der Waals surface area (Å²) in [6.07, 6.45) is 2.52. The number of aryl methyl sites for hydroxylation is 2. The number of fused-ring (bicyclic) bond motifs is 1. The molecule has 0 saturated carbocycles. The summed E-state index contributed by atoms with van der Waals surface area (Å²) in [4.78, 5) is 20.9. The molecule has 5 rings (SSSR count). The van der Waals surface area contributed by atoms with Crippen molar-refractivity contribution in [2.75, 3.05) is 5.32 Å². The molecule has 5 aromatic rings. The monoisotopic (exact) mass is 476 g/mol. The van der Waals surface area contributed by atoms with Gasteiger partial charge in [-0.3, -0.25) is 18.9 Å². The first-order valence-corrected chi connectivity index (χ1v) is 10.6. The fourth-order valence-corrected chi connectivity index (χ4v) is 3.95. The van der Waals surface area contributed by atoms with E-state index < -0.39 is 11.7 Å². The predicted octanol–water partition coefficient (Wildman–Crippen LogP) is 5.38. The number of alkyl halides is 3. The fraction of sp³-hybridized carbons (Fsp3) is 0.120. The van der Waals surface area contributed by atoms with E-state index in [4.69, 9.17) is 0 Å². The van der Waals surface area contributed by atoms with E-state index in [1.807, 2.05) is 19.1 Å². The van der Waals surface area contributed by atoms with Crippen LogP contribution in [0.5, 0.6) is 0 Å². The van der Waals surface area contributed by atoms with Gasteiger partial charge in [-0.2, -0.15) is 18.3 Å². The van der Waals surface area contributed by atoms with Crippen LogP contribution in [0, 0.1) is 6.92 Å². The largest absolute Gasteiger partial charge is 0.417 e. The summed E-state index contributed by atoms with van der Waals surface area (Å²) in [5, 5.41) is 6.86. The average molecular weight is 476 g/mol. The van der Waals surface area contributed by atoms with Crippen molar-refractivity contribution in [1.82, 2.24) is 24.1 Å². The number of imidazole rings is 1. The van der Waals surface area contributed by atoms with Crippen LogP contribution in [-0.4, -0.2) is 30.1 Å². The van der Waals surface area contributed by atoms with Crippen LogP contribution in [-0.2, 0) is 13.2 Å². The summed E-state index contributed by atoms with van der Waals surface area (Å²) in [5.74, 6) is 0.436. The minimum Gasteiger partial charge on any atom is -0.307 e. The van der Waals surface area contributed by atoms with Crippen LogP contribution in [0.4, 0.5) is 19.0 Å². The van der Waals surface area contributed by atoms with Crippen molar-refractivity contribution >= 4 is 17.2 Å². The smallest absolute Gasteiger partial charge is 0.307 e. The normalized spacial score (nSPS) is 11.7. The molecule has 0 spiro atoms. The van der Waals surface area contributed by atoms with Gasteiger partial charge in [0.1, 0.15) is 11.6 Å². The molecule has 0 saturated heterocycles. The van der Waals surface area contributed by atoms with E-state index in [1.54, 1.807) is 52.8 Å². The van der Waals surface area contributed by atoms with Gasteiger partial charge in [0.15, 0.2) is 0 Å². The molecule has 1 aromatic carbocycles. The van der Waals surface area contributed by atoms with Crippen molar-refractivity contribution in [2.24, 2.45) is 7.05 Å². The molecule has 0 bridgehead atoms. The first kappa shape index (κ1) is 22.3. The first-order chi connectivity index (χ1) is 16.7. The van der Waals surface area contributed by atoms with Crippen LogP contribution in [0.2, 0.25) is 0 Å². The Morgan fingerprint density at radius 1 is 1.00 bits per heavy atom. The van der Waals surface area contributed by atoms with Crippen LogP contribution in [0.25, 0.3) is 28.0 Å². The van der Waals surface area contributed by atoms with Crippen molar-refractivity contribution in [3.8, 4) is 22.5 Å². The maximum absolute atomic E-state index is 13.5. The lowest BCUT2D eigenvalue weighted by atomic mass is 9.98. The molecule has 0 unspecified atom stereocenters. The lowest BCUT2D eigenvalue weighted by Crippen LogP contribution is -2.14. The number of amides is 1. The van der Waals surface area contributed by atoms with Gasteiger partial charge in [-0.1, -0.05) is 6.07 Å². The van der Waals surface area contributed by atoms with E-state index in [0.29, 0.717) is 16.9 Å². The van der Waals surface area contributed by atoms with Crippen molar-refractivity contribution in [3.05, 3.63) is 90.1 Å². The topological polar surface area (TPSA) is 77.1 Å².